The van der Waals surface area contributed by atoms with Gasteiger partial charge in [-0.05, 0) is 19.4 Å². The van der Waals surface area contributed by atoms with Crippen LogP contribution >= 0.6 is 0 Å². The maximum absolute atomic E-state index is 11.2. The molecule has 0 atom stereocenters. The molecule has 0 aliphatic heterocycles. The van der Waals surface area contributed by atoms with Crippen molar-refractivity contribution in [2.24, 2.45) is 0 Å². The van der Waals surface area contributed by atoms with E-state index in [-0.39, 0.29) is 5.97 Å². The number of rotatable bonds is 11. The molecule has 0 spiro atoms. The first-order chi connectivity index (χ1) is 7.81. The lowest BCUT2D eigenvalue weighted by Crippen LogP contribution is -2.25. The Hall–Kier alpha value is -0.570. The molecule has 0 amide bonds. The van der Waals surface area contributed by atoms with Crippen LogP contribution in [0.3, 0.4) is 0 Å². The summed E-state index contributed by atoms with van der Waals surface area (Å²) in [5.41, 5.74) is 0. The van der Waals surface area contributed by atoms with Crippen molar-refractivity contribution < 1.29 is 9.53 Å². The van der Waals surface area contributed by atoms with Crippen molar-refractivity contribution >= 4 is 5.97 Å². The van der Waals surface area contributed by atoms with Crippen LogP contribution in [0.5, 0.6) is 0 Å². The largest absolute Gasteiger partial charge is 0.465 e. The van der Waals surface area contributed by atoms with Crippen LogP contribution in [-0.2, 0) is 9.53 Å². The third-order valence-corrected chi connectivity index (χ3v) is 2.46. The van der Waals surface area contributed by atoms with E-state index in [2.05, 4.69) is 19.2 Å². The van der Waals surface area contributed by atoms with Gasteiger partial charge in [-0.1, -0.05) is 46.0 Å². The standard InChI is InChI=1S/C13H27NO2/c1-3-5-6-7-8-9-11-16-13(15)12-14-10-4-2/h14H,3-12H2,1-2H3. The lowest BCUT2D eigenvalue weighted by atomic mass is 10.1. The lowest BCUT2D eigenvalue weighted by Gasteiger charge is -2.05. The summed E-state index contributed by atoms with van der Waals surface area (Å²) in [6, 6.07) is 0. The second-order valence-corrected chi connectivity index (χ2v) is 4.17. The number of unbranched alkanes of at least 4 members (excludes halogenated alkanes) is 5. The number of carbonyl (C=O) groups excluding carboxylic acids is 1. The first-order valence-corrected chi connectivity index (χ1v) is 6.67. The van der Waals surface area contributed by atoms with Crippen LogP contribution < -0.4 is 5.32 Å². The molecule has 0 saturated carbocycles. The minimum atomic E-state index is -0.123. The third-order valence-electron chi connectivity index (χ3n) is 2.46. The fraction of sp³-hybridized carbons (Fsp3) is 0.923. The second-order valence-electron chi connectivity index (χ2n) is 4.17. The summed E-state index contributed by atoms with van der Waals surface area (Å²) < 4.78 is 5.09. The Bertz CT molecular complexity index is 160. The van der Waals surface area contributed by atoms with Crippen molar-refractivity contribution in [3.8, 4) is 0 Å². The zero-order valence-electron chi connectivity index (χ0n) is 10.9. The van der Waals surface area contributed by atoms with E-state index in [9.17, 15) is 4.79 Å². The third kappa shape index (κ3) is 11.5. The Balaban J connectivity index is 3.09. The molecule has 3 nitrogen and oxygen atoms in total. The van der Waals surface area contributed by atoms with Gasteiger partial charge in [0.1, 0.15) is 0 Å². The minimum Gasteiger partial charge on any atom is -0.465 e. The van der Waals surface area contributed by atoms with Crippen LogP contribution in [-0.4, -0.2) is 25.7 Å². The van der Waals surface area contributed by atoms with Crippen molar-refractivity contribution in [3.63, 3.8) is 0 Å². The highest BCUT2D eigenvalue weighted by Crippen LogP contribution is 2.04. The number of carbonyl (C=O) groups is 1. The molecule has 0 aliphatic rings. The molecule has 16 heavy (non-hydrogen) atoms. The zero-order chi connectivity index (χ0) is 12.1. The molecule has 0 aromatic rings. The van der Waals surface area contributed by atoms with E-state index in [0.717, 1.165) is 19.4 Å². The first kappa shape index (κ1) is 15.4. The smallest absolute Gasteiger partial charge is 0.319 e. The van der Waals surface area contributed by atoms with Gasteiger partial charge in [0.15, 0.2) is 0 Å². The molecular weight excluding hydrogens is 202 g/mol. The molecule has 3 heteroatoms. The Labute approximate surface area is 99.9 Å². The van der Waals surface area contributed by atoms with E-state index in [1.807, 2.05) is 0 Å². The predicted octanol–water partition coefficient (Wildman–Crippen LogP) is 2.89. The van der Waals surface area contributed by atoms with Crippen LogP contribution in [0.2, 0.25) is 0 Å². The Morgan fingerprint density at radius 1 is 1.00 bits per heavy atom. The molecule has 0 aliphatic carbocycles. The molecule has 0 unspecified atom stereocenters. The van der Waals surface area contributed by atoms with Crippen LogP contribution in [0.4, 0.5) is 0 Å². The van der Waals surface area contributed by atoms with Gasteiger partial charge in [-0.15, -0.1) is 0 Å². The normalized spacial score (nSPS) is 10.4. The van der Waals surface area contributed by atoms with Gasteiger partial charge < -0.3 is 10.1 Å². The second kappa shape index (κ2) is 12.5. The fourth-order valence-corrected chi connectivity index (χ4v) is 1.49. The Morgan fingerprint density at radius 2 is 1.69 bits per heavy atom. The monoisotopic (exact) mass is 229 g/mol. The molecular formula is C13H27NO2. The molecule has 0 bridgehead atoms. The average Bonchev–Trinajstić information content (AvgIpc) is 2.28. The van der Waals surface area contributed by atoms with Crippen molar-refractivity contribution in [2.45, 2.75) is 58.8 Å². The highest BCUT2D eigenvalue weighted by Gasteiger charge is 2.00. The molecule has 0 rings (SSSR count). The minimum absolute atomic E-state index is 0.123. The molecule has 0 aromatic carbocycles. The first-order valence-electron chi connectivity index (χ1n) is 6.67. The molecule has 0 fully saturated rings. The highest BCUT2D eigenvalue weighted by atomic mass is 16.5. The number of esters is 1. The van der Waals surface area contributed by atoms with Gasteiger partial charge in [-0.2, -0.15) is 0 Å². The van der Waals surface area contributed by atoms with Crippen LogP contribution in [0, 0.1) is 0 Å². The van der Waals surface area contributed by atoms with E-state index in [4.69, 9.17) is 4.74 Å². The lowest BCUT2D eigenvalue weighted by molar-refractivity contribution is -0.142. The van der Waals surface area contributed by atoms with Crippen LogP contribution in [0.1, 0.15) is 58.8 Å². The molecule has 96 valence electrons. The van der Waals surface area contributed by atoms with E-state index in [0.29, 0.717) is 13.2 Å². The van der Waals surface area contributed by atoms with Crippen LogP contribution in [0.25, 0.3) is 0 Å². The number of ether oxygens (including phenoxy) is 1. The van der Waals surface area contributed by atoms with E-state index in [1.54, 1.807) is 0 Å². The molecule has 0 aromatic heterocycles. The van der Waals surface area contributed by atoms with Gasteiger partial charge in [-0.25, -0.2) is 0 Å². The fourth-order valence-electron chi connectivity index (χ4n) is 1.49. The summed E-state index contributed by atoms with van der Waals surface area (Å²) >= 11 is 0. The van der Waals surface area contributed by atoms with Crippen LogP contribution in [0.15, 0.2) is 0 Å². The zero-order valence-corrected chi connectivity index (χ0v) is 10.9. The van der Waals surface area contributed by atoms with Gasteiger partial charge in [0.05, 0.1) is 13.2 Å². The molecule has 1 N–H and O–H groups in total. The summed E-state index contributed by atoms with van der Waals surface area (Å²) in [5.74, 6) is -0.123. The Morgan fingerprint density at radius 3 is 2.38 bits per heavy atom. The summed E-state index contributed by atoms with van der Waals surface area (Å²) in [4.78, 5) is 11.2. The number of hydrogen-bond acceptors (Lipinski definition) is 3. The Kier molecular flexibility index (Phi) is 12.1. The van der Waals surface area contributed by atoms with Crippen molar-refractivity contribution in [1.29, 1.82) is 0 Å². The summed E-state index contributed by atoms with van der Waals surface area (Å²) in [5, 5.41) is 3.03. The summed E-state index contributed by atoms with van der Waals surface area (Å²) in [6.07, 6.45) is 8.39. The molecule has 0 heterocycles. The predicted molar refractivity (Wildman–Crippen MR) is 67.5 cm³/mol. The maximum Gasteiger partial charge on any atom is 0.319 e. The van der Waals surface area contributed by atoms with Crippen molar-refractivity contribution in [1.82, 2.24) is 5.32 Å². The SMILES string of the molecule is CCCCCCCCOC(=O)CNCCC. The van der Waals surface area contributed by atoms with Gasteiger partial charge in [0, 0.05) is 0 Å². The molecule has 0 saturated heterocycles. The van der Waals surface area contributed by atoms with E-state index >= 15 is 0 Å². The number of hydrogen-bond donors (Lipinski definition) is 1. The van der Waals surface area contributed by atoms with E-state index < -0.39 is 0 Å². The van der Waals surface area contributed by atoms with Gasteiger partial charge >= 0.3 is 5.97 Å². The highest BCUT2D eigenvalue weighted by molar-refractivity contribution is 5.71. The summed E-state index contributed by atoms with van der Waals surface area (Å²) in [6.45, 7) is 6.11. The van der Waals surface area contributed by atoms with Crippen molar-refractivity contribution in [2.75, 3.05) is 19.7 Å². The topological polar surface area (TPSA) is 38.3 Å². The van der Waals surface area contributed by atoms with E-state index in [1.165, 1.54) is 32.1 Å². The van der Waals surface area contributed by atoms with Gasteiger partial charge in [0.2, 0.25) is 0 Å². The molecule has 0 radical (unpaired) electrons. The number of nitrogens with one attached hydrogen (secondary N) is 1. The van der Waals surface area contributed by atoms with Gasteiger partial charge in [-0.3, -0.25) is 4.79 Å². The van der Waals surface area contributed by atoms with Crippen molar-refractivity contribution in [3.05, 3.63) is 0 Å². The quantitative estimate of drug-likeness (QED) is 0.437. The van der Waals surface area contributed by atoms with Gasteiger partial charge in [0.25, 0.3) is 0 Å². The average molecular weight is 229 g/mol. The maximum atomic E-state index is 11.2. The summed E-state index contributed by atoms with van der Waals surface area (Å²) in [7, 11) is 0.